The largest absolute Gasteiger partial charge is 0.504 e. The lowest BCUT2D eigenvalue weighted by molar-refractivity contribution is -0.205. The minimum Gasteiger partial charge on any atom is -0.504 e. The van der Waals surface area contributed by atoms with Gasteiger partial charge in [0.2, 0.25) is 11.8 Å². The number of ether oxygens (including phenoxy) is 2. The highest BCUT2D eigenvalue weighted by Gasteiger charge is 2.74. The molecule has 4 atom stereocenters. The van der Waals surface area contributed by atoms with Crippen LogP contribution in [0.15, 0.2) is 59.1 Å². The van der Waals surface area contributed by atoms with E-state index in [1.165, 1.54) is 24.0 Å². The van der Waals surface area contributed by atoms with Crippen molar-refractivity contribution >= 4 is 0 Å². The number of fused-ring (bicyclic) bond motifs is 2. The molecule has 8 nitrogen and oxygen atoms in total. The zero-order chi connectivity index (χ0) is 28.8. The van der Waals surface area contributed by atoms with Gasteiger partial charge in [-0.05, 0) is 79.8 Å². The molecule has 1 spiro atoms. The summed E-state index contributed by atoms with van der Waals surface area (Å²) in [6, 6.07) is 17.0. The number of pyridine rings is 1. The lowest BCUT2D eigenvalue weighted by atomic mass is 9.48. The number of hydrogen-bond acceptors (Lipinski definition) is 8. The number of phenolic OH excluding ortho intramolecular Hbond substituents is 1. The van der Waals surface area contributed by atoms with Crippen LogP contribution in [0.4, 0.5) is 0 Å². The van der Waals surface area contributed by atoms with Gasteiger partial charge in [0, 0.05) is 44.3 Å². The molecule has 4 heterocycles. The van der Waals surface area contributed by atoms with Gasteiger partial charge in [-0.3, -0.25) is 9.88 Å². The van der Waals surface area contributed by atoms with E-state index in [0.717, 1.165) is 73.5 Å². The average molecular weight is 577 g/mol. The topological polar surface area (TPSA) is 93.7 Å². The van der Waals surface area contributed by atoms with E-state index < -0.39 is 11.0 Å². The molecule has 2 bridgehead atoms. The summed E-state index contributed by atoms with van der Waals surface area (Å²) < 4.78 is 20.1. The van der Waals surface area contributed by atoms with Gasteiger partial charge in [0.05, 0.1) is 16.7 Å². The summed E-state index contributed by atoms with van der Waals surface area (Å²) in [5.74, 6) is 2.61. The Morgan fingerprint density at radius 2 is 1.98 bits per heavy atom. The summed E-state index contributed by atoms with van der Waals surface area (Å²) in [5, 5.41) is 19.5. The number of hydrogen-bond donors (Lipinski definition) is 1. The van der Waals surface area contributed by atoms with Crippen LogP contribution in [0.25, 0.3) is 11.5 Å². The Kier molecular flexibility index (Phi) is 5.61. The van der Waals surface area contributed by atoms with Crippen LogP contribution < -0.4 is 4.74 Å². The minimum atomic E-state index is -0.522. The third kappa shape index (κ3) is 3.72. The molecule has 220 valence electrons. The van der Waals surface area contributed by atoms with Crippen molar-refractivity contribution in [3.63, 3.8) is 0 Å². The van der Waals surface area contributed by atoms with E-state index in [2.05, 4.69) is 57.6 Å². The van der Waals surface area contributed by atoms with Crippen molar-refractivity contribution in [1.29, 1.82) is 0 Å². The second-order valence-electron chi connectivity index (χ2n) is 13.2. The molecule has 43 heavy (non-hydrogen) atoms. The molecule has 0 unspecified atom stereocenters. The van der Waals surface area contributed by atoms with Crippen LogP contribution >= 0.6 is 0 Å². The van der Waals surface area contributed by atoms with Crippen LogP contribution in [0.2, 0.25) is 0 Å². The van der Waals surface area contributed by atoms with Gasteiger partial charge in [0.15, 0.2) is 17.6 Å². The molecule has 4 aromatic rings. The molecule has 3 aliphatic carbocycles. The molecule has 9 rings (SSSR count). The molecule has 0 radical (unpaired) electrons. The quantitative estimate of drug-likeness (QED) is 0.275. The van der Waals surface area contributed by atoms with Crippen molar-refractivity contribution in [1.82, 2.24) is 20.1 Å². The van der Waals surface area contributed by atoms with Crippen molar-refractivity contribution in [2.75, 3.05) is 19.7 Å². The summed E-state index contributed by atoms with van der Waals surface area (Å²) in [7, 11) is 0. The maximum absolute atomic E-state index is 11.1. The second-order valence-corrected chi connectivity index (χ2v) is 13.2. The molecule has 8 heteroatoms. The highest BCUT2D eigenvalue weighted by molar-refractivity contribution is 5.65. The Hall–Kier alpha value is -3.75. The third-order valence-electron chi connectivity index (χ3n) is 10.8. The van der Waals surface area contributed by atoms with Crippen LogP contribution in [-0.4, -0.2) is 56.5 Å². The summed E-state index contributed by atoms with van der Waals surface area (Å²) in [6.07, 6.45) is 8.56. The Bertz CT molecular complexity index is 1720. The van der Waals surface area contributed by atoms with Gasteiger partial charge in [-0.2, -0.15) is 0 Å². The summed E-state index contributed by atoms with van der Waals surface area (Å²) in [6.45, 7) is 4.58. The molecule has 2 fully saturated rings. The van der Waals surface area contributed by atoms with Gasteiger partial charge in [-0.1, -0.05) is 36.4 Å². The van der Waals surface area contributed by atoms with Crippen LogP contribution in [0.3, 0.4) is 0 Å². The van der Waals surface area contributed by atoms with Crippen LogP contribution in [0.5, 0.6) is 11.5 Å². The number of aryl methyl sites for hydroxylation is 2. The first-order valence-electron chi connectivity index (χ1n) is 15.8. The SMILES string of the molecule is Cc1nnc(-c2cnc3c(c2)C[C@@]2(OCCCc4ccccc4)[C@H]4Cc5ccc(O)c6c5[C@@]2(CCN4CC2CC2)[C@H]3O6)o1. The van der Waals surface area contributed by atoms with E-state index in [1.54, 1.807) is 6.92 Å². The van der Waals surface area contributed by atoms with Crippen molar-refractivity contribution in [3.8, 4) is 23.0 Å². The van der Waals surface area contributed by atoms with Crippen LogP contribution in [-0.2, 0) is 29.4 Å². The fourth-order valence-corrected chi connectivity index (χ4v) is 8.79. The first-order chi connectivity index (χ1) is 21.1. The van der Waals surface area contributed by atoms with Crippen LogP contribution in [0, 0.1) is 12.8 Å². The number of benzene rings is 2. The van der Waals surface area contributed by atoms with Crippen molar-refractivity contribution < 1.29 is 19.0 Å². The van der Waals surface area contributed by atoms with Crippen molar-refractivity contribution in [2.24, 2.45) is 5.92 Å². The van der Waals surface area contributed by atoms with Gasteiger partial charge >= 0.3 is 0 Å². The minimum absolute atomic E-state index is 0.204. The van der Waals surface area contributed by atoms with E-state index in [4.69, 9.17) is 18.9 Å². The Morgan fingerprint density at radius 3 is 2.79 bits per heavy atom. The van der Waals surface area contributed by atoms with E-state index >= 15 is 0 Å². The third-order valence-corrected chi connectivity index (χ3v) is 10.8. The predicted octanol–water partition coefficient (Wildman–Crippen LogP) is 5.50. The first-order valence-corrected chi connectivity index (χ1v) is 15.8. The molecule has 2 aliphatic heterocycles. The van der Waals surface area contributed by atoms with Crippen molar-refractivity contribution in [2.45, 2.75) is 75.0 Å². The van der Waals surface area contributed by atoms with E-state index in [9.17, 15) is 5.11 Å². The van der Waals surface area contributed by atoms with Crippen molar-refractivity contribution in [3.05, 3.63) is 88.6 Å². The fraction of sp³-hybridized carbons (Fsp3) is 0.457. The number of phenols is 1. The molecule has 2 aromatic heterocycles. The predicted molar refractivity (Wildman–Crippen MR) is 159 cm³/mol. The van der Waals surface area contributed by atoms with E-state index in [1.807, 2.05) is 12.3 Å². The standard InChI is InChI=1S/C35H36N4O4/c1-21-37-38-33(42-21)26-16-25-18-35(41-15-5-8-22-6-3-2-4-7-22)28-17-24-11-12-27(40)31-29(24)34(35,32(43-31)30(25)36-19-26)13-14-39(28)20-23-9-10-23/h2-4,6-7,11-12,16,19,23,28,32,40H,5,8-10,13-15,17-18,20H2,1H3/t28-,32+,34+,35-/m1/s1. The lowest BCUT2D eigenvalue weighted by Crippen LogP contribution is -2.75. The molecular weight excluding hydrogens is 540 g/mol. The normalized spacial score (nSPS) is 28.3. The summed E-state index contributed by atoms with van der Waals surface area (Å²) in [5.41, 5.74) is 5.67. The van der Waals surface area contributed by atoms with E-state index in [-0.39, 0.29) is 17.9 Å². The monoisotopic (exact) mass is 576 g/mol. The van der Waals surface area contributed by atoms with Crippen LogP contribution in [0.1, 0.15) is 65.6 Å². The van der Waals surface area contributed by atoms with Gasteiger partial charge in [0.25, 0.3) is 0 Å². The Morgan fingerprint density at radius 1 is 1.09 bits per heavy atom. The molecular formula is C35H36N4O4. The molecule has 1 saturated heterocycles. The second kappa shape index (κ2) is 9.37. The Labute approximate surface area is 251 Å². The molecule has 2 aromatic carbocycles. The summed E-state index contributed by atoms with van der Waals surface area (Å²) in [4.78, 5) is 7.76. The van der Waals surface area contributed by atoms with Gasteiger partial charge in [-0.25, -0.2) is 0 Å². The van der Waals surface area contributed by atoms with E-state index in [0.29, 0.717) is 24.1 Å². The number of rotatable bonds is 8. The van der Waals surface area contributed by atoms with Gasteiger partial charge in [-0.15, -0.1) is 10.2 Å². The molecule has 1 saturated carbocycles. The highest BCUT2D eigenvalue weighted by Crippen LogP contribution is 2.69. The molecule has 0 amide bonds. The molecule has 1 N–H and O–H groups in total. The van der Waals surface area contributed by atoms with Gasteiger partial charge in [0.1, 0.15) is 5.60 Å². The Balaban J connectivity index is 1.19. The number of likely N-dealkylation sites (tertiary alicyclic amines) is 1. The number of aromatic hydroxyl groups is 1. The number of piperidine rings is 1. The number of aromatic nitrogens is 3. The van der Waals surface area contributed by atoms with Gasteiger partial charge < -0.3 is 19.0 Å². The highest BCUT2D eigenvalue weighted by atomic mass is 16.5. The maximum Gasteiger partial charge on any atom is 0.249 e. The smallest absolute Gasteiger partial charge is 0.249 e. The number of nitrogens with zero attached hydrogens (tertiary/aromatic N) is 4. The summed E-state index contributed by atoms with van der Waals surface area (Å²) >= 11 is 0. The first kappa shape index (κ1) is 25.7. The fourth-order valence-electron chi connectivity index (χ4n) is 8.79. The zero-order valence-electron chi connectivity index (χ0n) is 24.5. The lowest BCUT2D eigenvalue weighted by Gasteiger charge is -2.64. The average Bonchev–Trinajstić information content (AvgIpc) is 3.61. The zero-order valence-corrected chi connectivity index (χ0v) is 24.5. The maximum atomic E-state index is 11.1. The molecule has 5 aliphatic rings.